The van der Waals surface area contributed by atoms with Gasteiger partial charge in [0.1, 0.15) is 0 Å². The van der Waals surface area contributed by atoms with Crippen molar-refractivity contribution in [1.82, 2.24) is 9.88 Å². The fraction of sp³-hybridized carbons (Fsp3) is 0.682. The van der Waals surface area contributed by atoms with Gasteiger partial charge < -0.3 is 25.0 Å². The first-order valence-corrected chi connectivity index (χ1v) is 11.6. The molecule has 4 heterocycles. The SMILES string of the molecule is Fc1cccnc1NC1COC2(CCCN(C3CCOCC3)C2)C1.O=C(O)C(F)(F)F.O=C(O)C(F)(F)F. The number of carboxylic acid groups (broad SMARTS) is 2. The highest BCUT2D eigenvalue weighted by Gasteiger charge is 2.45. The third kappa shape index (κ3) is 9.87. The van der Waals surface area contributed by atoms with E-state index in [-0.39, 0.29) is 17.5 Å². The van der Waals surface area contributed by atoms with E-state index in [0.29, 0.717) is 18.5 Å². The number of halogens is 7. The van der Waals surface area contributed by atoms with E-state index in [1.807, 2.05) is 0 Å². The van der Waals surface area contributed by atoms with Crippen molar-refractivity contribution in [3.8, 4) is 0 Å². The number of alkyl halides is 6. The Morgan fingerprint density at radius 1 is 1.08 bits per heavy atom. The number of likely N-dealkylation sites (tertiary alicyclic amines) is 1. The Morgan fingerprint density at radius 2 is 1.66 bits per heavy atom. The van der Waals surface area contributed by atoms with Crippen LogP contribution < -0.4 is 5.32 Å². The molecule has 0 saturated carbocycles. The number of carbonyl (C=O) groups is 2. The smallest absolute Gasteiger partial charge is 0.475 e. The molecule has 3 N–H and O–H groups in total. The van der Waals surface area contributed by atoms with Crippen LogP contribution in [-0.2, 0) is 19.1 Å². The van der Waals surface area contributed by atoms with Gasteiger partial charge in [0.2, 0.25) is 0 Å². The molecule has 3 aliphatic heterocycles. The topological polar surface area (TPSA) is 121 Å². The maximum atomic E-state index is 13.8. The predicted molar refractivity (Wildman–Crippen MR) is 117 cm³/mol. The van der Waals surface area contributed by atoms with Gasteiger partial charge in [-0.25, -0.2) is 19.0 Å². The number of anilines is 1. The van der Waals surface area contributed by atoms with Crippen LogP contribution in [0.1, 0.15) is 32.1 Å². The maximum Gasteiger partial charge on any atom is 0.490 e. The molecule has 216 valence electrons. The van der Waals surface area contributed by atoms with Crippen molar-refractivity contribution < 1.29 is 60.0 Å². The fourth-order valence-electron chi connectivity index (χ4n) is 4.40. The Kier molecular flexibility index (Phi) is 11.1. The number of hydrogen-bond donors (Lipinski definition) is 3. The summed E-state index contributed by atoms with van der Waals surface area (Å²) < 4.78 is 89.0. The Hall–Kier alpha value is -2.72. The quantitative estimate of drug-likeness (QED) is 0.473. The summed E-state index contributed by atoms with van der Waals surface area (Å²) in [6, 6.07) is 3.80. The number of piperidine rings is 1. The van der Waals surface area contributed by atoms with Gasteiger partial charge in [0.05, 0.1) is 18.2 Å². The molecular weight excluding hydrogens is 535 g/mol. The first-order chi connectivity index (χ1) is 17.6. The van der Waals surface area contributed by atoms with E-state index in [2.05, 4.69) is 15.2 Å². The minimum atomic E-state index is -5.08. The van der Waals surface area contributed by atoms with Crippen molar-refractivity contribution in [2.45, 2.75) is 62.1 Å². The summed E-state index contributed by atoms with van der Waals surface area (Å²) in [6.45, 7) is 4.51. The van der Waals surface area contributed by atoms with Crippen molar-refractivity contribution in [3.05, 3.63) is 24.1 Å². The average Bonchev–Trinajstić information content (AvgIpc) is 3.22. The summed E-state index contributed by atoms with van der Waals surface area (Å²) in [7, 11) is 0. The van der Waals surface area contributed by atoms with Gasteiger partial charge in [-0.15, -0.1) is 0 Å². The monoisotopic (exact) mass is 563 g/mol. The van der Waals surface area contributed by atoms with Crippen molar-refractivity contribution >= 4 is 17.8 Å². The molecule has 3 fully saturated rings. The van der Waals surface area contributed by atoms with Crippen LogP contribution in [-0.4, -0.2) is 95.0 Å². The lowest BCUT2D eigenvalue weighted by Gasteiger charge is -2.44. The van der Waals surface area contributed by atoms with Crippen molar-refractivity contribution in [3.63, 3.8) is 0 Å². The van der Waals surface area contributed by atoms with Crippen LogP contribution in [0.25, 0.3) is 0 Å². The molecule has 0 bridgehead atoms. The summed E-state index contributed by atoms with van der Waals surface area (Å²) in [4.78, 5) is 24.5. The van der Waals surface area contributed by atoms with Crippen molar-refractivity contribution in [2.24, 2.45) is 0 Å². The Morgan fingerprint density at radius 3 is 2.18 bits per heavy atom. The van der Waals surface area contributed by atoms with E-state index in [4.69, 9.17) is 29.3 Å². The average molecular weight is 563 g/mol. The summed E-state index contributed by atoms with van der Waals surface area (Å²) >= 11 is 0. The number of rotatable bonds is 3. The Labute approximate surface area is 212 Å². The predicted octanol–water partition coefficient (Wildman–Crippen LogP) is 3.70. The standard InChI is InChI=1S/C18H26FN3O2.2C2HF3O2/c19-16-3-1-7-20-17(16)21-14-11-18(24-12-14)6-2-8-22(13-18)15-4-9-23-10-5-15;2*3-2(4,5)1(6)7/h1,3,7,14-15H,2,4-6,8-13H2,(H,20,21);2*(H,6,7). The molecule has 2 unspecified atom stereocenters. The second-order valence-electron chi connectivity index (χ2n) is 8.90. The van der Waals surface area contributed by atoms with Gasteiger partial charge in [-0.1, -0.05) is 0 Å². The fourth-order valence-corrected chi connectivity index (χ4v) is 4.40. The number of carboxylic acids is 2. The minimum absolute atomic E-state index is 0.0839. The lowest BCUT2D eigenvalue weighted by molar-refractivity contribution is -0.193. The minimum Gasteiger partial charge on any atom is -0.475 e. The van der Waals surface area contributed by atoms with Gasteiger partial charge in [0.15, 0.2) is 11.6 Å². The molecule has 38 heavy (non-hydrogen) atoms. The van der Waals surface area contributed by atoms with Gasteiger partial charge in [-0.3, -0.25) is 4.90 Å². The molecule has 16 heteroatoms. The zero-order valence-corrected chi connectivity index (χ0v) is 20.0. The molecule has 3 saturated heterocycles. The summed E-state index contributed by atoms with van der Waals surface area (Å²) in [5.74, 6) is -5.48. The first kappa shape index (κ1) is 31.5. The summed E-state index contributed by atoms with van der Waals surface area (Å²) in [6.07, 6.45) is -3.13. The van der Waals surface area contributed by atoms with Gasteiger partial charge in [-0.05, 0) is 44.4 Å². The van der Waals surface area contributed by atoms with Crippen LogP contribution in [0.2, 0.25) is 0 Å². The molecular formula is C22H28F7N3O6. The number of hydrogen-bond acceptors (Lipinski definition) is 7. The van der Waals surface area contributed by atoms with E-state index in [1.165, 1.54) is 12.5 Å². The lowest BCUT2D eigenvalue weighted by atomic mass is 9.87. The number of aliphatic carboxylic acids is 2. The van der Waals surface area contributed by atoms with Crippen LogP contribution in [0.3, 0.4) is 0 Å². The zero-order valence-electron chi connectivity index (χ0n) is 20.0. The van der Waals surface area contributed by atoms with Crippen LogP contribution in [0.4, 0.5) is 36.6 Å². The number of aromatic nitrogens is 1. The second kappa shape index (κ2) is 13.4. The highest BCUT2D eigenvalue weighted by atomic mass is 19.4. The van der Waals surface area contributed by atoms with E-state index in [1.54, 1.807) is 12.3 Å². The van der Waals surface area contributed by atoms with Gasteiger partial charge in [0.25, 0.3) is 0 Å². The van der Waals surface area contributed by atoms with Crippen molar-refractivity contribution in [2.75, 3.05) is 38.2 Å². The molecule has 1 aromatic rings. The number of pyridine rings is 1. The summed E-state index contributed by atoms with van der Waals surface area (Å²) in [5, 5.41) is 17.5. The van der Waals surface area contributed by atoms with E-state index < -0.39 is 24.3 Å². The normalized spacial score (nSPS) is 24.6. The molecule has 0 amide bonds. The van der Waals surface area contributed by atoms with Crippen LogP contribution >= 0.6 is 0 Å². The molecule has 3 aliphatic rings. The molecule has 0 radical (unpaired) electrons. The second-order valence-corrected chi connectivity index (χ2v) is 8.90. The molecule has 9 nitrogen and oxygen atoms in total. The summed E-state index contributed by atoms with van der Waals surface area (Å²) in [5.41, 5.74) is -0.0839. The number of nitrogens with zero attached hydrogens (tertiary/aromatic N) is 2. The highest BCUT2D eigenvalue weighted by Crippen LogP contribution is 2.37. The highest BCUT2D eigenvalue weighted by molar-refractivity contribution is 5.73. The lowest BCUT2D eigenvalue weighted by Crippen LogP contribution is -2.53. The number of ether oxygens (including phenoxy) is 2. The third-order valence-electron chi connectivity index (χ3n) is 6.07. The van der Waals surface area contributed by atoms with E-state index >= 15 is 0 Å². The third-order valence-corrected chi connectivity index (χ3v) is 6.07. The molecule has 2 atom stereocenters. The van der Waals surface area contributed by atoms with Gasteiger partial charge in [-0.2, -0.15) is 26.3 Å². The van der Waals surface area contributed by atoms with Crippen LogP contribution in [0.5, 0.6) is 0 Å². The van der Waals surface area contributed by atoms with Crippen LogP contribution in [0, 0.1) is 5.82 Å². The van der Waals surface area contributed by atoms with Gasteiger partial charge in [0, 0.05) is 38.4 Å². The molecule has 0 aromatic carbocycles. The Balaban J connectivity index is 0.000000301. The van der Waals surface area contributed by atoms with Crippen molar-refractivity contribution in [1.29, 1.82) is 0 Å². The first-order valence-electron chi connectivity index (χ1n) is 11.6. The molecule has 0 aliphatic carbocycles. The zero-order chi connectivity index (χ0) is 28.6. The molecule has 1 aromatic heterocycles. The molecule has 1 spiro atoms. The maximum absolute atomic E-state index is 13.8. The van der Waals surface area contributed by atoms with E-state index in [9.17, 15) is 30.7 Å². The van der Waals surface area contributed by atoms with E-state index in [0.717, 1.165) is 52.0 Å². The Bertz CT molecular complexity index is 903. The van der Waals surface area contributed by atoms with Gasteiger partial charge >= 0.3 is 24.3 Å². The molecule has 4 rings (SSSR count). The number of nitrogens with one attached hydrogen (secondary N) is 1. The largest absolute Gasteiger partial charge is 0.490 e. The van der Waals surface area contributed by atoms with Crippen LogP contribution in [0.15, 0.2) is 18.3 Å².